The van der Waals surface area contributed by atoms with Crippen molar-refractivity contribution >= 4 is 23.5 Å². The van der Waals surface area contributed by atoms with Crippen LogP contribution in [0.3, 0.4) is 0 Å². The normalized spacial score (nSPS) is 12.0. The van der Waals surface area contributed by atoms with Crippen molar-refractivity contribution in [3.05, 3.63) is 60.0 Å². The van der Waals surface area contributed by atoms with Crippen LogP contribution in [0.5, 0.6) is 0 Å². The van der Waals surface area contributed by atoms with E-state index in [1.54, 1.807) is 24.4 Å². The van der Waals surface area contributed by atoms with Crippen molar-refractivity contribution in [2.45, 2.75) is 45.2 Å². The Morgan fingerprint density at radius 2 is 1.79 bits per heavy atom. The number of hydrogen-bond donors (Lipinski definition) is 2. The van der Waals surface area contributed by atoms with Crippen molar-refractivity contribution in [3.8, 4) is 0 Å². The zero-order chi connectivity index (χ0) is 24.4. The molecule has 0 aliphatic carbocycles. The largest absolute Gasteiger partial charge is 0.383 e. The van der Waals surface area contributed by atoms with Crippen LogP contribution >= 0.6 is 0 Å². The van der Waals surface area contributed by atoms with Gasteiger partial charge in [-0.2, -0.15) is 0 Å². The summed E-state index contributed by atoms with van der Waals surface area (Å²) in [6, 6.07) is 9.54. The average molecular weight is 459 g/mol. The van der Waals surface area contributed by atoms with Crippen LogP contribution in [0.1, 0.15) is 45.2 Å². The second-order valence-electron chi connectivity index (χ2n) is 8.54. The molecule has 8 nitrogen and oxygen atoms in total. The molecule has 9 heteroatoms. The highest BCUT2D eigenvalue weighted by molar-refractivity contribution is 5.94. The molecule has 0 aliphatic heterocycles. The number of nitrogens with zero attached hydrogens (tertiary/aromatic N) is 2. The van der Waals surface area contributed by atoms with Gasteiger partial charge in [0.1, 0.15) is 17.7 Å². The van der Waals surface area contributed by atoms with E-state index in [0.29, 0.717) is 11.4 Å². The summed E-state index contributed by atoms with van der Waals surface area (Å²) >= 11 is 0. The molecule has 178 valence electrons. The van der Waals surface area contributed by atoms with Crippen LogP contribution < -0.4 is 10.6 Å². The number of nitrogens with one attached hydrogen (secondary N) is 2. The van der Waals surface area contributed by atoms with Crippen LogP contribution in [0.2, 0.25) is 0 Å². The molecule has 0 saturated heterocycles. The summed E-state index contributed by atoms with van der Waals surface area (Å²) in [7, 11) is 1.49. The smallest absolute Gasteiger partial charge is 0.247 e. The van der Waals surface area contributed by atoms with E-state index in [9.17, 15) is 18.8 Å². The number of aromatic nitrogens is 1. The number of halogens is 1. The maximum absolute atomic E-state index is 13.5. The molecule has 2 rings (SSSR count). The van der Waals surface area contributed by atoms with Gasteiger partial charge in [0.05, 0.1) is 6.61 Å². The Labute approximate surface area is 193 Å². The lowest BCUT2D eigenvalue weighted by Crippen LogP contribution is -2.50. The molecule has 0 radical (unpaired) electrons. The van der Waals surface area contributed by atoms with Crippen molar-refractivity contribution in [2.24, 2.45) is 0 Å². The van der Waals surface area contributed by atoms with E-state index in [4.69, 9.17) is 4.74 Å². The Morgan fingerprint density at radius 1 is 1.09 bits per heavy atom. The standard InChI is InChI=1S/C24H31FN4O4/c1-24(2,3)28-23(32)22(17-8-10-18(25)11-9-17)29(15-16-33-4)21(31)13-12-20(30)27-19-7-5-6-14-26-19/h5-11,14,22H,12-13,15-16H2,1-4H3,(H,28,32)(H,26,27,30). The Morgan fingerprint density at radius 3 is 2.36 bits per heavy atom. The van der Waals surface area contributed by atoms with Gasteiger partial charge in [-0.25, -0.2) is 9.37 Å². The molecule has 2 N–H and O–H groups in total. The topological polar surface area (TPSA) is 101 Å². The number of carbonyl (C=O) groups is 3. The van der Waals surface area contributed by atoms with Crippen LogP contribution in [0.4, 0.5) is 10.2 Å². The Balaban J connectivity index is 2.23. The minimum Gasteiger partial charge on any atom is -0.383 e. The molecule has 0 spiro atoms. The van der Waals surface area contributed by atoms with Crippen LogP contribution in [0, 0.1) is 5.82 Å². The molecule has 0 fully saturated rings. The van der Waals surface area contributed by atoms with E-state index >= 15 is 0 Å². The molecule has 1 atom stereocenters. The van der Waals surface area contributed by atoms with Crippen molar-refractivity contribution in [1.29, 1.82) is 0 Å². The molecular weight excluding hydrogens is 427 g/mol. The lowest BCUT2D eigenvalue weighted by Gasteiger charge is -2.33. The van der Waals surface area contributed by atoms with Gasteiger partial charge in [0.25, 0.3) is 0 Å². The number of pyridine rings is 1. The second-order valence-corrected chi connectivity index (χ2v) is 8.54. The molecule has 1 unspecified atom stereocenters. The van der Waals surface area contributed by atoms with Gasteiger partial charge in [-0.05, 0) is 50.6 Å². The van der Waals surface area contributed by atoms with E-state index in [1.807, 2.05) is 20.8 Å². The number of methoxy groups -OCH3 is 1. The number of rotatable bonds is 10. The van der Waals surface area contributed by atoms with Crippen molar-refractivity contribution in [1.82, 2.24) is 15.2 Å². The molecule has 0 aliphatic rings. The third-order valence-electron chi connectivity index (χ3n) is 4.60. The molecule has 1 aromatic heterocycles. The van der Waals surface area contributed by atoms with Gasteiger partial charge in [0, 0.05) is 38.2 Å². The molecular formula is C24H31FN4O4. The lowest BCUT2D eigenvalue weighted by atomic mass is 10.0. The Hall–Kier alpha value is -3.33. The third kappa shape index (κ3) is 8.61. The van der Waals surface area contributed by atoms with Crippen LogP contribution in [0.25, 0.3) is 0 Å². The highest BCUT2D eigenvalue weighted by Gasteiger charge is 2.33. The summed E-state index contributed by atoms with van der Waals surface area (Å²) in [5, 5.41) is 5.52. The minimum atomic E-state index is -1.01. The summed E-state index contributed by atoms with van der Waals surface area (Å²) in [5.41, 5.74) is -0.0889. The fraction of sp³-hybridized carbons (Fsp3) is 0.417. The summed E-state index contributed by atoms with van der Waals surface area (Å²) < 4.78 is 18.7. The van der Waals surface area contributed by atoms with E-state index in [1.165, 1.54) is 36.3 Å². The second kappa shape index (κ2) is 12.1. The van der Waals surface area contributed by atoms with Gasteiger partial charge in [0.2, 0.25) is 17.7 Å². The zero-order valence-electron chi connectivity index (χ0n) is 19.4. The average Bonchev–Trinajstić information content (AvgIpc) is 2.75. The summed E-state index contributed by atoms with van der Waals surface area (Å²) in [4.78, 5) is 44.1. The Kier molecular flexibility index (Phi) is 9.47. The first-order chi connectivity index (χ1) is 15.6. The van der Waals surface area contributed by atoms with E-state index < -0.39 is 29.2 Å². The lowest BCUT2D eigenvalue weighted by molar-refractivity contribution is -0.142. The van der Waals surface area contributed by atoms with Gasteiger partial charge in [-0.3, -0.25) is 14.4 Å². The highest BCUT2D eigenvalue weighted by Crippen LogP contribution is 2.24. The van der Waals surface area contributed by atoms with Crippen molar-refractivity contribution in [3.63, 3.8) is 0 Å². The molecule has 1 aromatic carbocycles. The van der Waals surface area contributed by atoms with Crippen LogP contribution in [0.15, 0.2) is 48.7 Å². The fourth-order valence-corrected chi connectivity index (χ4v) is 3.15. The third-order valence-corrected chi connectivity index (χ3v) is 4.60. The number of amides is 3. The fourth-order valence-electron chi connectivity index (χ4n) is 3.15. The molecule has 0 bridgehead atoms. The first kappa shape index (κ1) is 25.9. The first-order valence-electron chi connectivity index (χ1n) is 10.7. The number of benzene rings is 1. The summed E-state index contributed by atoms with van der Waals surface area (Å²) in [6.07, 6.45) is 1.34. The quantitative estimate of drug-likeness (QED) is 0.570. The van der Waals surface area contributed by atoms with Gasteiger partial charge in [-0.15, -0.1) is 0 Å². The molecule has 3 amide bonds. The minimum absolute atomic E-state index is 0.0874. The maximum atomic E-state index is 13.5. The predicted octanol–water partition coefficient (Wildman–Crippen LogP) is 3.07. The number of ether oxygens (including phenoxy) is 1. The molecule has 1 heterocycles. The van der Waals surface area contributed by atoms with E-state index in [2.05, 4.69) is 15.6 Å². The van der Waals surface area contributed by atoms with E-state index in [-0.39, 0.29) is 31.9 Å². The van der Waals surface area contributed by atoms with E-state index in [0.717, 1.165) is 0 Å². The van der Waals surface area contributed by atoms with Crippen LogP contribution in [-0.4, -0.2) is 53.4 Å². The zero-order valence-corrected chi connectivity index (χ0v) is 19.4. The highest BCUT2D eigenvalue weighted by atomic mass is 19.1. The molecule has 0 saturated carbocycles. The number of hydrogen-bond acceptors (Lipinski definition) is 5. The number of anilines is 1. The first-order valence-corrected chi connectivity index (χ1v) is 10.7. The monoisotopic (exact) mass is 458 g/mol. The van der Waals surface area contributed by atoms with Crippen LogP contribution in [-0.2, 0) is 19.1 Å². The van der Waals surface area contributed by atoms with Gasteiger partial charge in [0.15, 0.2) is 0 Å². The van der Waals surface area contributed by atoms with Gasteiger partial charge < -0.3 is 20.3 Å². The molecule has 2 aromatic rings. The summed E-state index contributed by atoms with van der Waals surface area (Å²) in [6.45, 7) is 5.80. The van der Waals surface area contributed by atoms with Crippen molar-refractivity contribution in [2.75, 3.05) is 25.6 Å². The SMILES string of the molecule is COCCN(C(=O)CCC(=O)Nc1ccccn1)C(C(=O)NC(C)(C)C)c1ccc(F)cc1. The summed E-state index contributed by atoms with van der Waals surface area (Å²) in [5.74, 6) is -1.24. The molecule has 33 heavy (non-hydrogen) atoms. The van der Waals surface area contributed by atoms with Gasteiger partial charge >= 0.3 is 0 Å². The maximum Gasteiger partial charge on any atom is 0.247 e. The predicted molar refractivity (Wildman–Crippen MR) is 123 cm³/mol. The van der Waals surface area contributed by atoms with Crippen molar-refractivity contribution < 1.29 is 23.5 Å². The number of carbonyl (C=O) groups excluding carboxylic acids is 3. The van der Waals surface area contributed by atoms with Gasteiger partial charge in [-0.1, -0.05) is 18.2 Å². The Bertz CT molecular complexity index is 930.